The number of hydrogen-bond donors (Lipinski definition) is 0. The Morgan fingerprint density at radius 2 is 2.05 bits per heavy atom. The largest absolute Gasteiger partial charge is 0.371 e. The highest BCUT2D eigenvalue weighted by atomic mass is 32.1. The number of aromatic nitrogens is 3. The van der Waals surface area contributed by atoms with Crippen LogP contribution >= 0.6 is 11.3 Å². The average Bonchev–Trinajstić information content (AvgIpc) is 3.80. The number of anilines is 3. The molecule has 6 heterocycles. The minimum Gasteiger partial charge on any atom is -0.371 e. The zero-order valence-electron chi connectivity index (χ0n) is 24.6. The van der Waals surface area contributed by atoms with Gasteiger partial charge in [-0.3, -0.25) is 4.79 Å². The molecule has 0 saturated carbocycles. The maximum absolute atomic E-state index is 13.6. The number of hydrogen-bond acceptors (Lipinski definition) is 8. The van der Waals surface area contributed by atoms with Crippen LogP contribution in [0.3, 0.4) is 0 Å². The molecule has 9 nitrogen and oxygen atoms in total. The molecule has 3 aromatic heterocycles. The molecule has 11 heteroatoms. The van der Waals surface area contributed by atoms with Crippen LogP contribution < -0.4 is 9.80 Å². The fraction of sp³-hybridized carbons (Fsp3) is 0.438. The summed E-state index contributed by atoms with van der Waals surface area (Å²) in [7, 11) is 1.96. The third-order valence-corrected chi connectivity index (χ3v) is 10.1. The van der Waals surface area contributed by atoms with Crippen molar-refractivity contribution in [3.63, 3.8) is 0 Å². The lowest BCUT2D eigenvalue weighted by Gasteiger charge is -2.48. The fourth-order valence-corrected chi connectivity index (χ4v) is 7.70. The first-order chi connectivity index (χ1) is 20.8. The number of benzene rings is 1. The van der Waals surface area contributed by atoms with E-state index >= 15 is 0 Å². The Morgan fingerprint density at radius 3 is 2.74 bits per heavy atom. The van der Waals surface area contributed by atoms with Crippen LogP contribution in [0.15, 0.2) is 36.4 Å². The van der Waals surface area contributed by atoms with Gasteiger partial charge >= 0.3 is 0 Å². The first-order valence-corrected chi connectivity index (χ1v) is 15.7. The quantitative estimate of drug-likeness (QED) is 0.296. The van der Waals surface area contributed by atoms with Crippen LogP contribution in [-0.2, 0) is 16.0 Å². The van der Waals surface area contributed by atoms with Crippen LogP contribution in [0.1, 0.15) is 42.5 Å². The third kappa shape index (κ3) is 4.73. The molecule has 3 aliphatic heterocycles. The van der Waals surface area contributed by atoms with Crippen molar-refractivity contribution in [2.45, 2.75) is 45.6 Å². The monoisotopic (exact) mass is 599 g/mol. The molecule has 0 N–H and O–H groups in total. The summed E-state index contributed by atoms with van der Waals surface area (Å²) in [5, 5.41) is 15.5. The lowest BCUT2D eigenvalue weighted by Crippen LogP contribution is -2.61. The molecule has 4 aromatic rings. The molecule has 0 aliphatic carbocycles. The van der Waals surface area contributed by atoms with Gasteiger partial charge in [-0.15, -0.1) is 0 Å². The van der Waals surface area contributed by atoms with Crippen LogP contribution in [0, 0.1) is 29.5 Å². The van der Waals surface area contributed by atoms with Crippen molar-refractivity contribution in [3.05, 3.63) is 58.5 Å². The van der Waals surface area contributed by atoms with Crippen molar-refractivity contribution in [3.8, 4) is 17.3 Å². The topological polar surface area (TPSA) is 90.0 Å². The summed E-state index contributed by atoms with van der Waals surface area (Å²) >= 11 is 1.32. The summed E-state index contributed by atoms with van der Waals surface area (Å²) in [5.41, 5.74) is 6.46. The lowest BCUT2D eigenvalue weighted by atomic mass is 9.78. The summed E-state index contributed by atoms with van der Waals surface area (Å²) in [4.78, 5) is 24.6. The van der Waals surface area contributed by atoms with E-state index in [-0.39, 0.29) is 23.2 Å². The lowest BCUT2D eigenvalue weighted by molar-refractivity contribution is -0.152. The standard InChI is InChI=1S/C32H34FN7O2S/c1-4-24-29(37(3)31-35-28(27(16-34)43-31)21-7-9-22(33)10-8-21)25-15-23(14-20(2)40(25)36-24)38-12-11-32(17-38)18-39(19-32)30(41)26-6-5-13-42-26/h7-10,14-15,26H,4-6,11-13,17-19H2,1-3H3. The number of halogens is 1. The van der Waals surface area contributed by atoms with Gasteiger partial charge in [0.15, 0.2) is 5.13 Å². The van der Waals surface area contributed by atoms with Gasteiger partial charge < -0.3 is 19.4 Å². The number of likely N-dealkylation sites (tertiary alicyclic amines) is 1. The van der Waals surface area contributed by atoms with Crippen LogP contribution in [0.5, 0.6) is 0 Å². The highest BCUT2D eigenvalue weighted by Crippen LogP contribution is 2.44. The van der Waals surface area contributed by atoms with Gasteiger partial charge in [0.2, 0.25) is 0 Å². The van der Waals surface area contributed by atoms with Crippen LogP contribution in [-0.4, -0.2) is 71.3 Å². The minimum atomic E-state index is -0.328. The van der Waals surface area contributed by atoms with Crippen molar-refractivity contribution >= 4 is 39.3 Å². The molecule has 1 amide bonds. The van der Waals surface area contributed by atoms with Gasteiger partial charge in [-0.05, 0) is 69.0 Å². The predicted octanol–water partition coefficient (Wildman–Crippen LogP) is 5.33. The van der Waals surface area contributed by atoms with Gasteiger partial charge in [-0.25, -0.2) is 13.9 Å². The summed E-state index contributed by atoms with van der Waals surface area (Å²) < 4.78 is 21.2. The Balaban J connectivity index is 1.17. The van der Waals surface area contributed by atoms with Crippen molar-refractivity contribution in [2.24, 2.45) is 5.41 Å². The Morgan fingerprint density at radius 1 is 1.26 bits per heavy atom. The maximum atomic E-state index is 13.6. The van der Waals surface area contributed by atoms with E-state index < -0.39 is 0 Å². The van der Waals surface area contributed by atoms with Crippen molar-refractivity contribution in [2.75, 3.05) is 49.6 Å². The van der Waals surface area contributed by atoms with Crippen molar-refractivity contribution in [1.29, 1.82) is 5.26 Å². The van der Waals surface area contributed by atoms with E-state index in [1.54, 1.807) is 12.1 Å². The number of amides is 1. The smallest absolute Gasteiger partial charge is 0.251 e. The second-order valence-electron chi connectivity index (χ2n) is 12.0. The van der Waals surface area contributed by atoms with Crippen LogP contribution in [0.25, 0.3) is 16.8 Å². The molecule has 222 valence electrons. The average molecular weight is 600 g/mol. The zero-order chi connectivity index (χ0) is 29.9. The number of thiazole rings is 1. The number of nitriles is 1. The van der Waals surface area contributed by atoms with E-state index in [0.29, 0.717) is 27.9 Å². The van der Waals surface area contributed by atoms with E-state index in [1.165, 1.54) is 23.5 Å². The maximum Gasteiger partial charge on any atom is 0.251 e. The molecule has 1 spiro atoms. The Bertz CT molecular complexity index is 1750. The van der Waals surface area contributed by atoms with Gasteiger partial charge in [0.05, 0.1) is 16.9 Å². The van der Waals surface area contributed by atoms with Gasteiger partial charge in [-0.1, -0.05) is 18.3 Å². The minimum absolute atomic E-state index is 0.133. The second kappa shape index (κ2) is 10.6. The van der Waals surface area contributed by atoms with Gasteiger partial charge in [0.1, 0.15) is 28.6 Å². The summed E-state index contributed by atoms with van der Waals surface area (Å²) in [6.45, 7) is 8.30. The number of aryl methyl sites for hydroxylation is 2. The molecule has 3 fully saturated rings. The van der Waals surface area contributed by atoms with E-state index in [2.05, 4.69) is 36.9 Å². The Kier molecular flexibility index (Phi) is 6.86. The number of pyridine rings is 1. The molecule has 0 bridgehead atoms. The first kappa shape index (κ1) is 27.8. The predicted molar refractivity (Wildman–Crippen MR) is 164 cm³/mol. The molecule has 1 unspecified atom stereocenters. The molecule has 3 aliphatic rings. The number of fused-ring (bicyclic) bond motifs is 1. The molecule has 3 saturated heterocycles. The number of rotatable bonds is 6. The molecule has 1 aromatic carbocycles. The van der Waals surface area contributed by atoms with Crippen molar-refractivity contribution in [1.82, 2.24) is 19.5 Å². The van der Waals surface area contributed by atoms with E-state index in [4.69, 9.17) is 14.8 Å². The van der Waals surface area contributed by atoms with Crippen LogP contribution in [0.4, 0.5) is 20.9 Å². The van der Waals surface area contributed by atoms with Gasteiger partial charge in [0, 0.05) is 62.2 Å². The van der Waals surface area contributed by atoms with Gasteiger partial charge in [0.25, 0.3) is 5.91 Å². The number of carbonyl (C=O) groups excluding carboxylic acids is 1. The SMILES string of the molecule is CCc1nn2c(C)cc(N3CCC4(CN(C(=O)C5CCCO5)C4)C3)cc2c1N(C)c1nc(-c2ccc(F)cc2)c(C#N)s1. The Hall–Kier alpha value is -4.01. The molecule has 7 rings (SSSR count). The number of carbonyl (C=O) groups is 1. The van der Waals surface area contributed by atoms with Gasteiger partial charge in [-0.2, -0.15) is 10.4 Å². The van der Waals surface area contributed by atoms with E-state index in [1.807, 2.05) is 21.4 Å². The zero-order valence-corrected chi connectivity index (χ0v) is 25.5. The molecule has 43 heavy (non-hydrogen) atoms. The normalized spacial score (nSPS) is 19.3. The molecular formula is C32H34FN7O2S. The number of nitrogens with zero attached hydrogens (tertiary/aromatic N) is 7. The van der Waals surface area contributed by atoms with E-state index in [0.717, 1.165) is 80.1 Å². The number of ether oxygens (including phenoxy) is 1. The summed E-state index contributed by atoms with van der Waals surface area (Å²) in [6, 6.07) is 12.7. The third-order valence-electron chi connectivity index (χ3n) is 9.11. The molecule has 0 radical (unpaired) electrons. The summed E-state index contributed by atoms with van der Waals surface area (Å²) in [5.74, 6) is -0.173. The highest BCUT2D eigenvalue weighted by Gasteiger charge is 2.50. The van der Waals surface area contributed by atoms with E-state index in [9.17, 15) is 14.4 Å². The fourth-order valence-electron chi connectivity index (χ4n) is 6.85. The van der Waals surface area contributed by atoms with Crippen LogP contribution in [0.2, 0.25) is 0 Å². The first-order valence-electron chi connectivity index (χ1n) is 14.9. The molecule has 1 atom stereocenters. The summed E-state index contributed by atoms with van der Waals surface area (Å²) in [6.07, 6.45) is 3.34. The highest BCUT2D eigenvalue weighted by molar-refractivity contribution is 7.16. The Labute approximate surface area is 254 Å². The second-order valence-corrected chi connectivity index (χ2v) is 13.0. The van der Waals surface area contributed by atoms with Crippen molar-refractivity contribution < 1.29 is 13.9 Å². The molecular weight excluding hydrogens is 565 g/mol.